The Hall–Kier alpha value is -2.70. The summed E-state index contributed by atoms with van der Waals surface area (Å²) in [6, 6.07) is 3.20. The van der Waals surface area contributed by atoms with Gasteiger partial charge in [0.25, 0.3) is 0 Å². The van der Waals surface area contributed by atoms with Crippen molar-refractivity contribution in [3.63, 3.8) is 0 Å². The maximum Gasteiger partial charge on any atom is 0.333 e. The number of allylic oxidation sites excluding steroid dienone is 5. The van der Waals surface area contributed by atoms with Gasteiger partial charge in [0.1, 0.15) is 0 Å². The Labute approximate surface area is 125 Å². The Bertz CT molecular complexity index is 786. The van der Waals surface area contributed by atoms with E-state index in [0.717, 1.165) is 4.52 Å². The second kappa shape index (κ2) is 5.97. The van der Waals surface area contributed by atoms with Gasteiger partial charge < -0.3 is 0 Å². The lowest BCUT2D eigenvalue weighted by Gasteiger charge is -2.15. The van der Waals surface area contributed by atoms with Crippen molar-refractivity contribution in [2.45, 2.75) is 12.3 Å². The fraction of sp³-hybridized carbons (Fsp3) is 0.200. The number of nitrogens with zero attached hydrogens (tertiary/aromatic N) is 5. The Balaban J connectivity index is 2.03. The van der Waals surface area contributed by atoms with Crippen molar-refractivity contribution in [2.24, 2.45) is 4.99 Å². The topological polar surface area (TPSA) is 55.4 Å². The minimum atomic E-state index is -3.29. The monoisotopic (exact) mass is 301 g/mol. The molecule has 0 radical (unpaired) electrons. The first-order chi connectivity index (χ1) is 10.7. The first-order valence-electron chi connectivity index (χ1n) is 6.76. The van der Waals surface area contributed by atoms with E-state index in [4.69, 9.17) is 0 Å². The number of aromatic nitrogens is 4. The van der Waals surface area contributed by atoms with Gasteiger partial charge >= 0.3 is 5.92 Å². The second-order valence-corrected chi connectivity index (χ2v) is 4.63. The molecule has 0 spiro atoms. The highest BCUT2D eigenvalue weighted by Gasteiger charge is 2.40. The summed E-state index contributed by atoms with van der Waals surface area (Å²) in [6.07, 6.45) is 11.4. The molecular formula is C15H13F2N5. The molecule has 0 atom stereocenters. The maximum absolute atomic E-state index is 14.8. The number of rotatable bonds is 2. The van der Waals surface area contributed by atoms with Crippen LogP contribution in [0.2, 0.25) is 0 Å². The predicted molar refractivity (Wildman–Crippen MR) is 79.0 cm³/mol. The molecular weight excluding hydrogens is 288 g/mol. The molecule has 0 bridgehead atoms. The third kappa shape index (κ3) is 2.69. The predicted octanol–water partition coefficient (Wildman–Crippen LogP) is 2.73. The van der Waals surface area contributed by atoms with E-state index in [2.05, 4.69) is 20.3 Å². The highest BCUT2D eigenvalue weighted by molar-refractivity contribution is 5.71. The summed E-state index contributed by atoms with van der Waals surface area (Å²) in [7, 11) is 0. The SMILES string of the molecule is FC(F)(C1=CC/C=C\C=NCC=C1)c1nnc2cccnn12. The van der Waals surface area contributed by atoms with E-state index >= 15 is 0 Å². The molecule has 1 aliphatic heterocycles. The number of aliphatic imine (C=N–C) groups is 1. The van der Waals surface area contributed by atoms with Crippen molar-refractivity contribution in [1.82, 2.24) is 19.8 Å². The molecule has 5 nitrogen and oxygen atoms in total. The summed E-state index contributed by atoms with van der Waals surface area (Å²) >= 11 is 0. The van der Waals surface area contributed by atoms with E-state index in [1.165, 1.54) is 18.3 Å². The van der Waals surface area contributed by atoms with Crippen LogP contribution >= 0.6 is 0 Å². The van der Waals surface area contributed by atoms with Crippen LogP contribution in [0.3, 0.4) is 0 Å². The second-order valence-electron chi connectivity index (χ2n) is 4.63. The van der Waals surface area contributed by atoms with Crippen molar-refractivity contribution in [1.29, 1.82) is 0 Å². The van der Waals surface area contributed by atoms with Gasteiger partial charge in [0.2, 0.25) is 5.82 Å². The van der Waals surface area contributed by atoms with E-state index in [-0.39, 0.29) is 11.2 Å². The van der Waals surface area contributed by atoms with Gasteiger partial charge in [-0.25, -0.2) is 0 Å². The van der Waals surface area contributed by atoms with Gasteiger partial charge in [0.15, 0.2) is 5.65 Å². The summed E-state index contributed by atoms with van der Waals surface area (Å²) < 4.78 is 30.7. The molecule has 3 rings (SSSR count). The average Bonchev–Trinajstić information content (AvgIpc) is 2.97. The van der Waals surface area contributed by atoms with E-state index in [0.29, 0.717) is 13.0 Å². The van der Waals surface area contributed by atoms with Crippen LogP contribution < -0.4 is 0 Å². The molecule has 0 aliphatic carbocycles. The normalized spacial score (nSPS) is 17.5. The Morgan fingerprint density at radius 3 is 3.00 bits per heavy atom. The molecule has 22 heavy (non-hydrogen) atoms. The van der Waals surface area contributed by atoms with Gasteiger partial charge in [0, 0.05) is 18.0 Å². The highest BCUT2D eigenvalue weighted by Crippen LogP contribution is 2.35. The van der Waals surface area contributed by atoms with Crippen molar-refractivity contribution in [3.05, 3.63) is 60.1 Å². The first kappa shape index (κ1) is 14.2. The lowest BCUT2D eigenvalue weighted by molar-refractivity contribution is 0.0295. The van der Waals surface area contributed by atoms with Crippen LogP contribution in [0, 0.1) is 0 Å². The van der Waals surface area contributed by atoms with E-state index in [1.807, 2.05) is 0 Å². The summed E-state index contributed by atoms with van der Waals surface area (Å²) in [5.74, 6) is -3.79. The Morgan fingerprint density at radius 1 is 1.18 bits per heavy atom. The van der Waals surface area contributed by atoms with Gasteiger partial charge in [0.05, 0.1) is 6.54 Å². The van der Waals surface area contributed by atoms with Gasteiger partial charge in [-0.3, -0.25) is 4.99 Å². The zero-order valence-electron chi connectivity index (χ0n) is 11.6. The minimum absolute atomic E-state index is 0.144. The highest BCUT2D eigenvalue weighted by atomic mass is 19.3. The first-order valence-corrected chi connectivity index (χ1v) is 6.76. The molecule has 0 saturated heterocycles. The van der Waals surface area contributed by atoms with Crippen LogP contribution in [0.1, 0.15) is 12.2 Å². The molecule has 112 valence electrons. The van der Waals surface area contributed by atoms with Gasteiger partial charge in [-0.05, 0) is 24.6 Å². The maximum atomic E-state index is 14.8. The molecule has 2 aromatic rings. The lowest BCUT2D eigenvalue weighted by atomic mass is 10.1. The molecule has 0 aromatic carbocycles. The van der Waals surface area contributed by atoms with Crippen LogP contribution in [-0.4, -0.2) is 32.6 Å². The van der Waals surface area contributed by atoms with Crippen LogP contribution in [-0.2, 0) is 5.92 Å². The number of fused-ring (bicyclic) bond motifs is 1. The van der Waals surface area contributed by atoms with E-state index in [1.54, 1.807) is 36.6 Å². The van der Waals surface area contributed by atoms with Crippen LogP contribution in [0.15, 0.2) is 59.3 Å². The van der Waals surface area contributed by atoms with Crippen LogP contribution in [0.5, 0.6) is 0 Å². The number of halogens is 2. The third-order valence-corrected chi connectivity index (χ3v) is 3.13. The zero-order chi connectivity index (χ0) is 15.4. The Kier molecular flexibility index (Phi) is 3.86. The standard InChI is InChI=1S/C15H13F2N5/c16-15(17,12-6-2-1-3-9-18-10-4-7-12)14-21-20-13-8-5-11-19-22(13)14/h1,3-9,11H,2,10H2/b3-1-,7-4?,12-6?,18-9?. The molecule has 0 unspecified atom stereocenters. The number of alkyl halides is 2. The molecule has 2 aromatic heterocycles. The molecule has 1 aliphatic rings. The quantitative estimate of drug-likeness (QED) is 0.857. The third-order valence-electron chi connectivity index (χ3n) is 3.13. The van der Waals surface area contributed by atoms with Gasteiger partial charge in [-0.2, -0.15) is 18.4 Å². The van der Waals surface area contributed by atoms with Crippen molar-refractivity contribution in [2.75, 3.05) is 6.54 Å². The van der Waals surface area contributed by atoms with E-state index < -0.39 is 11.7 Å². The lowest BCUT2D eigenvalue weighted by Crippen LogP contribution is -2.20. The van der Waals surface area contributed by atoms with Crippen LogP contribution in [0.4, 0.5) is 8.78 Å². The van der Waals surface area contributed by atoms with Crippen LogP contribution in [0.25, 0.3) is 5.65 Å². The largest absolute Gasteiger partial charge is 0.333 e. The van der Waals surface area contributed by atoms with Crippen molar-refractivity contribution >= 4 is 11.9 Å². The smallest absolute Gasteiger partial charge is 0.289 e. The fourth-order valence-electron chi connectivity index (χ4n) is 2.07. The minimum Gasteiger partial charge on any atom is -0.289 e. The summed E-state index contributed by atoms with van der Waals surface area (Å²) in [5, 5.41) is 11.3. The molecule has 0 saturated carbocycles. The van der Waals surface area contributed by atoms with Gasteiger partial charge in [-0.1, -0.05) is 24.3 Å². The summed E-state index contributed by atoms with van der Waals surface area (Å²) in [4.78, 5) is 4.05. The fourth-order valence-corrected chi connectivity index (χ4v) is 2.07. The number of hydrogen-bond acceptors (Lipinski definition) is 4. The molecule has 0 N–H and O–H groups in total. The molecule has 0 fully saturated rings. The summed E-state index contributed by atoms with van der Waals surface area (Å²) in [6.45, 7) is 0.344. The molecule has 3 heterocycles. The number of hydrogen-bond donors (Lipinski definition) is 0. The molecule has 7 heteroatoms. The average molecular weight is 301 g/mol. The molecule has 0 amide bonds. The van der Waals surface area contributed by atoms with Gasteiger partial charge in [-0.15, -0.1) is 10.2 Å². The summed E-state index contributed by atoms with van der Waals surface area (Å²) in [5.41, 5.74) is 0.139. The Morgan fingerprint density at radius 2 is 2.09 bits per heavy atom. The van der Waals surface area contributed by atoms with Crippen molar-refractivity contribution in [3.8, 4) is 0 Å². The van der Waals surface area contributed by atoms with Crippen molar-refractivity contribution < 1.29 is 8.78 Å². The zero-order valence-corrected chi connectivity index (χ0v) is 11.6. The van der Waals surface area contributed by atoms with E-state index in [9.17, 15) is 8.78 Å².